The van der Waals surface area contributed by atoms with Gasteiger partial charge in [0, 0.05) is 32.6 Å². The van der Waals surface area contributed by atoms with Gasteiger partial charge in [-0.3, -0.25) is 14.7 Å². The third kappa shape index (κ3) is 10.9. The number of hydrazone groups is 1. The lowest BCUT2D eigenvalue weighted by Crippen LogP contribution is -2.55. The number of halogens is 2. The smallest absolute Gasteiger partial charge is 0.407 e. The highest BCUT2D eigenvalue weighted by atomic mass is 35.5. The second-order valence-corrected chi connectivity index (χ2v) is 10.7. The number of carbonyl (C=O) groups excluding carboxylic acids is 2. The predicted molar refractivity (Wildman–Crippen MR) is 146 cm³/mol. The molecule has 1 aromatic carbocycles. The van der Waals surface area contributed by atoms with Gasteiger partial charge in [0.1, 0.15) is 11.4 Å². The van der Waals surface area contributed by atoms with Crippen molar-refractivity contribution in [1.82, 2.24) is 15.5 Å². The first kappa shape index (κ1) is 30.4. The van der Waals surface area contributed by atoms with E-state index in [1.54, 1.807) is 17.1 Å². The molecule has 2 aliphatic heterocycles. The molecule has 2 N–H and O–H groups in total. The van der Waals surface area contributed by atoms with E-state index in [-0.39, 0.29) is 12.0 Å². The summed E-state index contributed by atoms with van der Waals surface area (Å²) in [6, 6.07) is 5.33. The standard InChI is InChI=1S/C25H37Cl2N5O6/c1-25(2,3)38-24(34)28-7-9-35-10-11-36-12-13-37-19-15-31(16-19)17-23(33)29-22-6-8-32(30-22)18-4-5-20(26)21(27)14-18/h4-5,14,19H,6-13,15-17H2,1-3H3,(H,28,34)(H,29,30,33). The molecule has 0 radical (unpaired) electrons. The molecule has 212 valence electrons. The number of ether oxygens (including phenoxy) is 4. The molecule has 2 aliphatic rings. The fourth-order valence-corrected chi connectivity index (χ4v) is 3.97. The molecule has 0 saturated carbocycles. The Kier molecular flexibility index (Phi) is 11.9. The Hall–Kier alpha value is -2.15. The highest BCUT2D eigenvalue weighted by Gasteiger charge is 2.29. The molecule has 0 aromatic heterocycles. The van der Waals surface area contributed by atoms with Crippen molar-refractivity contribution in [3.63, 3.8) is 0 Å². The number of anilines is 1. The van der Waals surface area contributed by atoms with Crippen LogP contribution in [-0.4, -0.2) is 100 Å². The number of carbonyl (C=O) groups is 2. The first-order valence-electron chi connectivity index (χ1n) is 12.7. The number of hydrogen-bond acceptors (Lipinski definition) is 9. The summed E-state index contributed by atoms with van der Waals surface area (Å²) in [7, 11) is 0. The van der Waals surface area contributed by atoms with Crippen LogP contribution in [0.15, 0.2) is 23.3 Å². The summed E-state index contributed by atoms with van der Waals surface area (Å²) >= 11 is 12.1. The molecule has 1 saturated heterocycles. The maximum Gasteiger partial charge on any atom is 0.407 e. The van der Waals surface area contributed by atoms with Crippen molar-refractivity contribution < 1.29 is 28.5 Å². The summed E-state index contributed by atoms with van der Waals surface area (Å²) in [6.45, 7) is 10.4. The van der Waals surface area contributed by atoms with Crippen LogP contribution in [0, 0.1) is 0 Å². The number of benzene rings is 1. The van der Waals surface area contributed by atoms with E-state index in [9.17, 15) is 9.59 Å². The minimum atomic E-state index is -0.517. The van der Waals surface area contributed by atoms with E-state index in [2.05, 4.69) is 15.7 Å². The molecule has 2 amide bonds. The van der Waals surface area contributed by atoms with Crippen LogP contribution in [-0.2, 0) is 23.7 Å². The zero-order valence-electron chi connectivity index (χ0n) is 22.1. The molecule has 13 heteroatoms. The van der Waals surface area contributed by atoms with Crippen molar-refractivity contribution in [2.24, 2.45) is 5.10 Å². The first-order valence-corrected chi connectivity index (χ1v) is 13.4. The van der Waals surface area contributed by atoms with Crippen LogP contribution in [0.5, 0.6) is 0 Å². The number of hydrogen-bond donors (Lipinski definition) is 2. The van der Waals surface area contributed by atoms with Crippen molar-refractivity contribution in [2.45, 2.75) is 38.9 Å². The summed E-state index contributed by atoms with van der Waals surface area (Å²) in [5.74, 6) is 0.539. The molecule has 3 rings (SSSR count). The number of alkyl carbamates (subject to hydrolysis) is 1. The first-order chi connectivity index (χ1) is 18.1. The number of amidine groups is 1. The highest BCUT2D eigenvalue weighted by molar-refractivity contribution is 6.42. The molecular formula is C25H37Cl2N5O6. The fraction of sp³-hybridized carbons (Fsp3) is 0.640. The molecule has 1 aromatic rings. The lowest BCUT2D eigenvalue weighted by Gasteiger charge is -2.38. The average molecular weight is 575 g/mol. The van der Waals surface area contributed by atoms with Gasteiger partial charge in [-0.15, -0.1) is 0 Å². The molecule has 0 aliphatic carbocycles. The van der Waals surface area contributed by atoms with E-state index < -0.39 is 11.7 Å². The van der Waals surface area contributed by atoms with Crippen LogP contribution in [0.3, 0.4) is 0 Å². The van der Waals surface area contributed by atoms with Gasteiger partial charge in [0.15, 0.2) is 0 Å². The van der Waals surface area contributed by atoms with Crippen LogP contribution in [0.4, 0.5) is 10.5 Å². The molecule has 2 heterocycles. The van der Waals surface area contributed by atoms with Gasteiger partial charge in [-0.05, 0) is 39.0 Å². The van der Waals surface area contributed by atoms with Crippen LogP contribution < -0.4 is 15.6 Å². The lowest BCUT2D eigenvalue weighted by molar-refractivity contribution is -0.125. The Labute approximate surface area is 233 Å². The zero-order valence-corrected chi connectivity index (χ0v) is 23.6. The fourth-order valence-electron chi connectivity index (χ4n) is 3.67. The number of nitrogens with zero attached hydrogens (tertiary/aromatic N) is 3. The molecule has 0 bridgehead atoms. The monoisotopic (exact) mass is 573 g/mol. The van der Waals surface area contributed by atoms with Gasteiger partial charge in [0.2, 0.25) is 5.91 Å². The molecule has 38 heavy (non-hydrogen) atoms. The second-order valence-electron chi connectivity index (χ2n) is 9.91. The van der Waals surface area contributed by atoms with Crippen LogP contribution in [0.25, 0.3) is 0 Å². The van der Waals surface area contributed by atoms with E-state index in [1.165, 1.54) is 0 Å². The number of likely N-dealkylation sites (tertiary alicyclic amines) is 1. The van der Waals surface area contributed by atoms with Gasteiger partial charge in [0.05, 0.1) is 61.4 Å². The van der Waals surface area contributed by atoms with Crippen LogP contribution >= 0.6 is 23.2 Å². The zero-order chi connectivity index (χ0) is 27.5. The Morgan fingerprint density at radius 1 is 1.05 bits per heavy atom. The van der Waals surface area contributed by atoms with Gasteiger partial charge in [-0.1, -0.05) is 23.2 Å². The summed E-state index contributed by atoms with van der Waals surface area (Å²) in [5.41, 5.74) is 0.312. The minimum Gasteiger partial charge on any atom is -0.444 e. The van der Waals surface area contributed by atoms with Gasteiger partial charge in [-0.2, -0.15) is 5.10 Å². The van der Waals surface area contributed by atoms with E-state index in [4.69, 9.17) is 42.1 Å². The normalized spacial score (nSPS) is 16.2. The number of amides is 2. The van der Waals surface area contributed by atoms with Crippen molar-refractivity contribution in [3.8, 4) is 0 Å². The average Bonchev–Trinajstić information content (AvgIpc) is 3.27. The summed E-state index contributed by atoms with van der Waals surface area (Å²) < 4.78 is 21.8. The quantitative estimate of drug-likeness (QED) is 0.346. The Morgan fingerprint density at radius 2 is 1.76 bits per heavy atom. The van der Waals surface area contributed by atoms with Crippen molar-refractivity contribution in [1.29, 1.82) is 0 Å². The molecular weight excluding hydrogens is 537 g/mol. The van der Waals surface area contributed by atoms with Gasteiger partial charge in [-0.25, -0.2) is 4.79 Å². The number of rotatable bonds is 13. The van der Waals surface area contributed by atoms with E-state index in [0.29, 0.717) is 88.1 Å². The third-order valence-corrected chi connectivity index (χ3v) is 6.18. The van der Waals surface area contributed by atoms with E-state index in [1.807, 2.05) is 31.7 Å². The van der Waals surface area contributed by atoms with Crippen molar-refractivity contribution >= 4 is 46.7 Å². The summed E-state index contributed by atoms with van der Waals surface area (Å²) in [5, 5.41) is 12.7. The molecule has 0 unspecified atom stereocenters. The SMILES string of the molecule is CC(C)(C)OC(=O)NCCOCCOCCOC1CN(CC(=O)NC2=NN(c3ccc(Cl)c(Cl)c3)CC2)C1. The Bertz CT molecular complexity index is 968. The maximum absolute atomic E-state index is 12.4. The van der Waals surface area contributed by atoms with Gasteiger partial charge < -0.3 is 29.6 Å². The van der Waals surface area contributed by atoms with Crippen LogP contribution in [0.2, 0.25) is 10.0 Å². The molecule has 1 fully saturated rings. The maximum atomic E-state index is 12.4. The molecule has 0 atom stereocenters. The Morgan fingerprint density at radius 3 is 2.47 bits per heavy atom. The van der Waals surface area contributed by atoms with E-state index >= 15 is 0 Å². The third-order valence-electron chi connectivity index (χ3n) is 5.45. The largest absolute Gasteiger partial charge is 0.444 e. The van der Waals surface area contributed by atoms with E-state index in [0.717, 1.165) is 5.69 Å². The molecule has 11 nitrogen and oxygen atoms in total. The summed E-state index contributed by atoms with van der Waals surface area (Å²) in [6.07, 6.45) is 0.280. The molecule has 0 spiro atoms. The second kappa shape index (κ2) is 14.9. The number of nitrogens with one attached hydrogen (secondary N) is 2. The lowest BCUT2D eigenvalue weighted by atomic mass is 10.1. The van der Waals surface area contributed by atoms with Crippen LogP contribution in [0.1, 0.15) is 27.2 Å². The predicted octanol–water partition coefficient (Wildman–Crippen LogP) is 2.89. The van der Waals surface area contributed by atoms with Crippen molar-refractivity contribution in [2.75, 3.05) is 70.8 Å². The minimum absolute atomic E-state index is 0.0931. The van der Waals surface area contributed by atoms with Gasteiger partial charge >= 0.3 is 6.09 Å². The van der Waals surface area contributed by atoms with Gasteiger partial charge in [0.25, 0.3) is 0 Å². The topological polar surface area (TPSA) is 114 Å². The Balaban J connectivity index is 1.15. The van der Waals surface area contributed by atoms with Crippen molar-refractivity contribution in [3.05, 3.63) is 28.2 Å². The summed E-state index contributed by atoms with van der Waals surface area (Å²) in [4.78, 5) is 25.9. The highest BCUT2D eigenvalue weighted by Crippen LogP contribution is 2.28.